The van der Waals surface area contributed by atoms with Crippen LogP contribution in [0.25, 0.3) is 0 Å². The molecule has 0 aromatic heterocycles. The lowest BCUT2D eigenvalue weighted by Crippen LogP contribution is -2.40. The number of hydrogen-bond acceptors (Lipinski definition) is 4. The lowest BCUT2D eigenvalue weighted by atomic mass is 10.0. The molecule has 3 atom stereocenters. The fraction of sp³-hybridized carbons (Fsp3) is 0.550. The van der Waals surface area contributed by atoms with E-state index in [4.69, 9.17) is 10.2 Å². The fourth-order valence-electron chi connectivity index (χ4n) is 3.66. The summed E-state index contributed by atoms with van der Waals surface area (Å²) in [6, 6.07) is 4.62. The summed E-state index contributed by atoms with van der Waals surface area (Å²) >= 11 is 0. The van der Waals surface area contributed by atoms with Crippen molar-refractivity contribution in [3.05, 3.63) is 35.4 Å². The van der Waals surface area contributed by atoms with Crippen molar-refractivity contribution in [2.75, 3.05) is 13.1 Å². The maximum atomic E-state index is 12.9. The molecular formula is C20H24N2O4. The molecule has 138 valence electrons. The molecule has 26 heavy (non-hydrogen) atoms. The van der Waals surface area contributed by atoms with Gasteiger partial charge in [-0.3, -0.25) is 14.5 Å². The van der Waals surface area contributed by atoms with E-state index in [0.29, 0.717) is 0 Å². The summed E-state index contributed by atoms with van der Waals surface area (Å²) in [4.78, 5) is 40.3. The number of likely N-dealkylation sites (tertiary alicyclic amines) is 1. The maximum absolute atomic E-state index is 12.9. The third-order valence-corrected chi connectivity index (χ3v) is 4.80. The highest BCUT2D eigenvalue weighted by molar-refractivity contribution is 6.21. The van der Waals surface area contributed by atoms with Gasteiger partial charge in [0.15, 0.2) is 0 Å². The van der Waals surface area contributed by atoms with Gasteiger partial charge in [0.25, 0.3) is 11.8 Å². The molecule has 0 spiro atoms. The molecule has 1 aromatic carbocycles. The van der Waals surface area contributed by atoms with Gasteiger partial charge in [-0.1, -0.05) is 12.1 Å². The summed E-state index contributed by atoms with van der Waals surface area (Å²) in [5, 5.41) is 0. The van der Waals surface area contributed by atoms with Gasteiger partial charge in [0, 0.05) is 24.6 Å². The Hall–Kier alpha value is -2.37. The number of hydrogen-bond donors (Lipinski definition) is 0. The Morgan fingerprint density at radius 1 is 1.08 bits per heavy atom. The Morgan fingerprint density at radius 3 is 2.04 bits per heavy atom. The lowest BCUT2D eigenvalue weighted by Gasteiger charge is -2.27. The minimum atomic E-state index is -2.21. The summed E-state index contributed by atoms with van der Waals surface area (Å²) in [5.74, 6) is -3.10. The van der Waals surface area contributed by atoms with Gasteiger partial charge < -0.3 is 9.64 Å². The van der Waals surface area contributed by atoms with Gasteiger partial charge in [0.05, 0.1) is 11.1 Å². The zero-order valence-electron chi connectivity index (χ0n) is 19.0. The minimum absolute atomic E-state index is 0.0360. The van der Waals surface area contributed by atoms with E-state index in [2.05, 4.69) is 0 Å². The van der Waals surface area contributed by atoms with E-state index in [1.54, 1.807) is 32.9 Å². The van der Waals surface area contributed by atoms with Gasteiger partial charge in [-0.2, -0.15) is 0 Å². The molecule has 0 radical (unpaired) electrons. The number of nitrogens with zero attached hydrogens (tertiary/aromatic N) is 2. The molecule has 1 saturated heterocycles. The van der Waals surface area contributed by atoms with E-state index in [1.165, 1.54) is 17.0 Å². The SMILES string of the molecule is [2H]C1([2H])C(N2C(=O)c3ccccc3C2=O)C([2H])([2H])[C@H]2CN(C(=O)OC(C)(C)C)C[C@H]21. The first-order chi connectivity index (χ1) is 13.8. The summed E-state index contributed by atoms with van der Waals surface area (Å²) < 4.78 is 40.1. The highest BCUT2D eigenvalue weighted by Gasteiger charge is 2.49. The maximum Gasteiger partial charge on any atom is 0.410 e. The molecule has 2 fully saturated rings. The van der Waals surface area contributed by atoms with Crippen molar-refractivity contribution in [2.45, 2.75) is 45.2 Å². The Bertz CT molecular complexity index is 884. The van der Waals surface area contributed by atoms with Gasteiger partial charge in [0.2, 0.25) is 0 Å². The Labute approximate surface area is 158 Å². The second kappa shape index (κ2) is 5.83. The number of carbonyl (C=O) groups excluding carboxylic acids is 3. The molecule has 0 bridgehead atoms. The van der Waals surface area contributed by atoms with Crippen LogP contribution in [-0.4, -0.2) is 52.4 Å². The fourth-order valence-corrected chi connectivity index (χ4v) is 3.66. The van der Waals surface area contributed by atoms with Gasteiger partial charge in [0.1, 0.15) is 5.60 Å². The normalized spacial score (nSPS) is 33.9. The number of carbonyl (C=O) groups is 3. The van der Waals surface area contributed by atoms with Crippen LogP contribution in [0, 0.1) is 11.8 Å². The van der Waals surface area contributed by atoms with Crippen LogP contribution in [0.4, 0.5) is 4.79 Å². The van der Waals surface area contributed by atoms with Crippen molar-refractivity contribution in [2.24, 2.45) is 11.8 Å². The first-order valence-corrected chi connectivity index (χ1v) is 8.71. The average Bonchev–Trinajstić information content (AvgIpc) is 3.22. The smallest absolute Gasteiger partial charge is 0.410 e. The highest BCUT2D eigenvalue weighted by Crippen LogP contribution is 2.42. The number of fused-ring (bicyclic) bond motifs is 2. The Morgan fingerprint density at radius 2 is 1.58 bits per heavy atom. The van der Waals surface area contributed by atoms with Crippen LogP contribution in [0.15, 0.2) is 24.3 Å². The summed E-state index contributed by atoms with van der Waals surface area (Å²) in [6.07, 6.45) is -5.04. The first-order valence-electron chi connectivity index (χ1n) is 10.7. The molecular weight excluding hydrogens is 332 g/mol. The van der Waals surface area contributed by atoms with Crippen LogP contribution in [-0.2, 0) is 4.74 Å². The third-order valence-electron chi connectivity index (χ3n) is 4.80. The molecule has 1 unspecified atom stereocenters. The lowest BCUT2D eigenvalue weighted by molar-refractivity contribution is 0.0270. The van der Waals surface area contributed by atoms with E-state index in [-0.39, 0.29) is 24.2 Å². The molecule has 1 aromatic rings. The molecule has 1 aliphatic carbocycles. The van der Waals surface area contributed by atoms with E-state index in [0.717, 1.165) is 4.90 Å². The molecule has 4 rings (SSSR count). The molecule has 1 saturated carbocycles. The van der Waals surface area contributed by atoms with Crippen molar-refractivity contribution < 1.29 is 24.6 Å². The minimum Gasteiger partial charge on any atom is -0.444 e. The zero-order valence-corrected chi connectivity index (χ0v) is 15.0. The van der Waals surface area contributed by atoms with Gasteiger partial charge >= 0.3 is 6.09 Å². The van der Waals surface area contributed by atoms with E-state index >= 15 is 0 Å². The Balaban J connectivity index is 1.65. The quantitative estimate of drug-likeness (QED) is 0.722. The zero-order chi connectivity index (χ0) is 22.2. The molecule has 3 aliphatic rings. The van der Waals surface area contributed by atoms with Crippen LogP contribution < -0.4 is 0 Å². The van der Waals surface area contributed by atoms with Crippen LogP contribution >= 0.6 is 0 Å². The predicted molar refractivity (Wildman–Crippen MR) is 94.8 cm³/mol. The molecule has 0 N–H and O–H groups in total. The molecule has 2 aliphatic heterocycles. The number of imide groups is 1. The molecule has 2 heterocycles. The predicted octanol–water partition coefficient (Wildman–Crippen LogP) is 2.93. The third kappa shape index (κ3) is 2.77. The van der Waals surface area contributed by atoms with E-state index < -0.39 is 54.1 Å². The Kier molecular flexibility index (Phi) is 2.89. The monoisotopic (exact) mass is 360 g/mol. The van der Waals surface area contributed by atoms with E-state index in [1.807, 2.05) is 0 Å². The number of amides is 3. The second-order valence-electron chi connectivity index (χ2n) is 7.86. The topological polar surface area (TPSA) is 66.9 Å². The first kappa shape index (κ1) is 12.9. The van der Waals surface area contributed by atoms with Crippen molar-refractivity contribution >= 4 is 17.9 Å². The number of ether oxygens (including phenoxy) is 1. The van der Waals surface area contributed by atoms with Gasteiger partial charge in [-0.25, -0.2) is 4.79 Å². The standard InChI is InChI=1S/C20H24N2O4/c1-20(2,3)26-19(25)21-10-12-8-14(9-13(12)11-21)22-17(23)15-6-4-5-7-16(15)18(22)24/h4-7,12-14H,8-11H2,1-3H3/t12-,13+,14?/i8D2,9D2. The summed E-state index contributed by atoms with van der Waals surface area (Å²) in [7, 11) is 0. The van der Waals surface area contributed by atoms with Crippen LogP contribution in [0.5, 0.6) is 0 Å². The number of benzene rings is 1. The summed E-state index contributed by atoms with van der Waals surface area (Å²) in [5.41, 5.74) is -0.418. The average molecular weight is 360 g/mol. The molecule has 6 nitrogen and oxygen atoms in total. The second-order valence-corrected chi connectivity index (χ2v) is 7.86. The van der Waals surface area contributed by atoms with Crippen LogP contribution in [0.2, 0.25) is 0 Å². The van der Waals surface area contributed by atoms with Crippen LogP contribution in [0.1, 0.15) is 59.7 Å². The van der Waals surface area contributed by atoms with Crippen molar-refractivity contribution in [3.63, 3.8) is 0 Å². The van der Waals surface area contributed by atoms with Gasteiger partial charge in [-0.05, 0) is 57.5 Å². The molecule has 3 amide bonds. The van der Waals surface area contributed by atoms with E-state index in [9.17, 15) is 14.4 Å². The van der Waals surface area contributed by atoms with Crippen LogP contribution in [0.3, 0.4) is 0 Å². The van der Waals surface area contributed by atoms with Gasteiger partial charge in [-0.15, -0.1) is 0 Å². The molecule has 6 heteroatoms. The number of rotatable bonds is 1. The van der Waals surface area contributed by atoms with Crippen molar-refractivity contribution in [3.8, 4) is 0 Å². The summed E-state index contributed by atoms with van der Waals surface area (Å²) in [6.45, 7) is 5.09. The largest absolute Gasteiger partial charge is 0.444 e. The highest BCUT2D eigenvalue weighted by atomic mass is 16.6. The van der Waals surface area contributed by atoms with Crippen molar-refractivity contribution in [1.29, 1.82) is 0 Å². The van der Waals surface area contributed by atoms with Crippen molar-refractivity contribution in [1.82, 2.24) is 9.80 Å².